The van der Waals surface area contributed by atoms with Crippen LogP contribution in [0.2, 0.25) is 0 Å². The van der Waals surface area contributed by atoms with Gasteiger partial charge in [0.2, 0.25) is 0 Å². The fourth-order valence-electron chi connectivity index (χ4n) is 3.07. The molecule has 27 heavy (non-hydrogen) atoms. The van der Waals surface area contributed by atoms with Crippen molar-refractivity contribution in [3.05, 3.63) is 65.8 Å². The van der Waals surface area contributed by atoms with E-state index < -0.39 is 0 Å². The van der Waals surface area contributed by atoms with Crippen molar-refractivity contribution in [1.82, 2.24) is 9.97 Å². The van der Waals surface area contributed by atoms with Gasteiger partial charge >= 0.3 is 0 Å². The summed E-state index contributed by atoms with van der Waals surface area (Å²) in [6, 6.07) is 17.2. The average Bonchev–Trinajstić information content (AvgIpc) is 3.13. The number of nitrogens with one attached hydrogen (secondary N) is 1. The van der Waals surface area contributed by atoms with Gasteiger partial charge in [0.05, 0.1) is 5.39 Å². The molecule has 0 saturated heterocycles. The Bertz CT molecular complexity index is 1070. The third-order valence-corrected chi connectivity index (χ3v) is 6.20. The summed E-state index contributed by atoms with van der Waals surface area (Å²) in [5.74, 6) is 1.38. The lowest BCUT2D eigenvalue weighted by molar-refractivity contribution is 0.867. The summed E-state index contributed by atoms with van der Waals surface area (Å²) >= 11 is 3.39. The fourth-order valence-corrected chi connectivity index (χ4v) is 4.44. The Labute approximate surface area is 167 Å². The van der Waals surface area contributed by atoms with Crippen molar-refractivity contribution in [2.45, 2.75) is 24.7 Å². The van der Waals surface area contributed by atoms with E-state index in [1.165, 1.54) is 21.6 Å². The standard InChI is InChI=1S/C22H21N3S2/c1-14(2)15-7-9-16(10-8-15)19-12-27-22-20(19)21(23-13-24-22)25-17-5-4-6-18(11-17)26-3/h4-14H,1-3H3,(H,23,24,25). The van der Waals surface area contributed by atoms with E-state index in [1.807, 2.05) is 0 Å². The van der Waals surface area contributed by atoms with Crippen LogP contribution in [0.25, 0.3) is 21.3 Å². The first-order valence-electron chi connectivity index (χ1n) is 8.89. The highest BCUT2D eigenvalue weighted by molar-refractivity contribution is 7.98. The molecule has 136 valence electrons. The minimum absolute atomic E-state index is 0.530. The Balaban J connectivity index is 1.77. The van der Waals surface area contributed by atoms with Gasteiger partial charge in [-0.2, -0.15) is 0 Å². The van der Waals surface area contributed by atoms with Gasteiger partial charge in [0.15, 0.2) is 0 Å². The van der Waals surface area contributed by atoms with E-state index in [-0.39, 0.29) is 0 Å². The maximum absolute atomic E-state index is 4.54. The maximum Gasteiger partial charge on any atom is 0.143 e. The van der Waals surface area contributed by atoms with Crippen molar-refractivity contribution in [2.75, 3.05) is 11.6 Å². The van der Waals surface area contributed by atoms with E-state index in [9.17, 15) is 0 Å². The number of aromatic nitrogens is 2. The molecular weight excluding hydrogens is 370 g/mol. The molecule has 0 aliphatic heterocycles. The number of benzene rings is 2. The van der Waals surface area contributed by atoms with E-state index in [0.29, 0.717) is 5.92 Å². The Kier molecular flexibility index (Phi) is 5.14. The van der Waals surface area contributed by atoms with Gasteiger partial charge < -0.3 is 5.32 Å². The van der Waals surface area contributed by atoms with Gasteiger partial charge in [-0.3, -0.25) is 0 Å². The molecule has 0 fully saturated rings. The van der Waals surface area contributed by atoms with Crippen LogP contribution in [-0.2, 0) is 0 Å². The zero-order valence-electron chi connectivity index (χ0n) is 15.6. The molecule has 0 bridgehead atoms. The van der Waals surface area contributed by atoms with Crippen LogP contribution >= 0.6 is 23.1 Å². The quantitative estimate of drug-likeness (QED) is 0.374. The van der Waals surface area contributed by atoms with Gasteiger partial charge in [-0.25, -0.2) is 9.97 Å². The van der Waals surface area contributed by atoms with E-state index in [2.05, 4.69) is 89.3 Å². The minimum atomic E-state index is 0.530. The molecule has 0 radical (unpaired) electrons. The third-order valence-electron chi connectivity index (χ3n) is 4.59. The van der Waals surface area contributed by atoms with Crippen LogP contribution in [0.15, 0.2) is 65.1 Å². The summed E-state index contributed by atoms with van der Waals surface area (Å²) in [7, 11) is 0. The normalized spacial score (nSPS) is 11.3. The highest BCUT2D eigenvalue weighted by Gasteiger charge is 2.14. The average molecular weight is 392 g/mol. The van der Waals surface area contributed by atoms with E-state index >= 15 is 0 Å². The summed E-state index contributed by atoms with van der Waals surface area (Å²) in [6.07, 6.45) is 3.71. The Morgan fingerprint density at radius 1 is 1.04 bits per heavy atom. The second-order valence-corrected chi connectivity index (χ2v) is 8.42. The van der Waals surface area contributed by atoms with Crippen molar-refractivity contribution >= 4 is 44.8 Å². The molecule has 2 heterocycles. The number of hydrogen-bond donors (Lipinski definition) is 1. The van der Waals surface area contributed by atoms with Crippen molar-refractivity contribution in [2.24, 2.45) is 0 Å². The van der Waals surface area contributed by atoms with E-state index in [0.717, 1.165) is 21.7 Å². The monoisotopic (exact) mass is 391 g/mol. The van der Waals surface area contributed by atoms with Crippen molar-refractivity contribution in [1.29, 1.82) is 0 Å². The summed E-state index contributed by atoms with van der Waals surface area (Å²) in [4.78, 5) is 11.2. The lowest BCUT2D eigenvalue weighted by Gasteiger charge is -2.10. The number of thiophene rings is 1. The predicted octanol–water partition coefficient (Wildman–Crippen LogP) is 6.95. The maximum atomic E-state index is 4.54. The smallest absolute Gasteiger partial charge is 0.143 e. The van der Waals surface area contributed by atoms with Crippen LogP contribution in [0.4, 0.5) is 11.5 Å². The molecule has 5 heteroatoms. The largest absolute Gasteiger partial charge is 0.340 e. The Morgan fingerprint density at radius 2 is 1.85 bits per heavy atom. The van der Waals surface area contributed by atoms with E-state index in [4.69, 9.17) is 0 Å². The molecule has 0 unspecified atom stereocenters. The fraction of sp³-hybridized carbons (Fsp3) is 0.182. The second-order valence-electron chi connectivity index (χ2n) is 6.69. The van der Waals surface area contributed by atoms with Gasteiger partial charge in [0, 0.05) is 21.5 Å². The highest BCUT2D eigenvalue weighted by Crippen LogP contribution is 2.38. The molecule has 1 N–H and O–H groups in total. The molecule has 4 aromatic rings. The summed E-state index contributed by atoms with van der Waals surface area (Å²) in [6.45, 7) is 4.43. The first-order valence-corrected chi connectivity index (χ1v) is 11.0. The van der Waals surface area contributed by atoms with Gasteiger partial charge in [0.1, 0.15) is 17.0 Å². The lowest BCUT2D eigenvalue weighted by Crippen LogP contribution is -1.95. The number of fused-ring (bicyclic) bond motifs is 1. The number of nitrogens with zero attached hydrogens (tertiary/aromatic N) is 2. The van der Waals surface area contributed by atoms with Crippen molar-refractivity contribution < 1.29 is 0 Å². The first-order chi connectivity index (χ1) is 13.2. The molecule has 0 spiro atoms. The number of rotatable bonds is 5. The summed E-state index contributed by atoms with van der Waals surface area (Å²) < 4.78 is 0. The number of thioether (sulfide) groups is 1. The zero-order valence-corrected chi connectivity index (χ0v) is 17.2. The van der Waals surface area contributed by atoms with Crippen LogP contribution in [0.1, 0.15) is 25.3 Å². The van der Waals surface area contributed by atoms with Crippen molar-refractivity contribution in [3.63, 3.8) is 0 Å². The van der Waals surface area contributed by atoms with Gasteiger partial charge in [-0.15, -0.1) is 23.1 Å². The minimum Gasteiger partial charge on any atom is -0.340 e. The SMILES string of the molecule is CSc1cccc(Nc2ncnc3scc(-c4ccc(C(C)C)cc4)c23)c1. The lowest BCUT2D eigenvalue weighted by atomic mass is 9.99. The molecular formula is C22H21N3S2. The highest BCUT2D eigenvalue weighted by atomic mass is 32.2. The molecule has 4 rings (SSSR count). The van der Waals surface area contributed by atoms with Crippen LogP contribution in [0.5, 0.6) is 0 Å². The summed E-state index contributed by atoms with van der Waals surface area (Å²) in [5, 5.41) is 6.74. The van der Waals surface area contributed by atoms with Gasteiger partial charge in [0.25, 0.3) is 0 Å². The molecule has 2 aromatic heterocycles. The van der Waals surface area contributed by atoms with Gasteiger partial charge in [-0.05, 0) is 41.5 Å². The van der Waals surface area contributed by atoms with Crippen LogP contribution < -0.4 is 5.32 Å². The van der Waals surface area contributed by atoms with Crippen LogP contribution in [-0.4, -0.2) is 16.2 Å². The van der Waals surface area contributed by atoms with Crippen LogP contribution in [0.3, 0.4) is 0 Å². The Hall–Kier alpha value is -2.37. The number of hydrogen-bond acceptors (Lipinski definition) is 5. The molecule has 0 amide bonds. The number of anilines is 2. The topological polar surface area (TPSA) is 37.8 Å². The molecule has 0 saturated carbocycles. The van der Waals surface area contributed by atoms with Gasteiger partial charge in [-0.1, -0.05) is 44.2 Å². The summed E-state index contributed by atoms with van der Waals surface area (Å²) in [5.41, 5.74) is 4.76. The molecule has 0 aliphatic rings. The molecule has 3 nitrogen and oxygen atoms in total. The van der Waals surface area contributed by atoms with Crippen LogP contribution in [0, 0.1) is 0 Å². The Morgan fingerprint density at radius 3 is 2.59 bits per heavy atom. The second kappa shape index (κ2) is 7.71. The predicted molar refractivity (Wildman–Crippen MR) is 118 cm³/mol. The molecule has 2 aromatic carbocycles. The third kappa shape index (κ3) is 3.70. The first kappa shape index (κ1) is 18.0. The molecule has 0 atom stereocenters. The molecule has 0 aliphatic carbocycles. The zero-order chi connectivity index (χ0) is 18.8. The van der Waals surface area contributed by atoms with Crippen molar-refractivity contribution in [3.8, 4) is 11.1 Å². The van der Waals surface area contributed by atoms with E-state index in [1.54, 1.807) is 29.4 Å².